The van der Waals surface area contributed by atoms with E-state index in [4.69, 9.17) is 10.2 Å². The molecule has 0 fully saturated rings. The third kappa shape index (κ3) is 3.64. The summed E-state index contributed by atoms with van der Waals surface area (Å²) in [6, 6.07) is 6.49. The van der Waals surface area contributed by atoms with Crippen molar-refractivity contribution in [1.82, 2.24) is 15.0 Å². The number of carboxylic acids is 1. The molecule has 0 aliphatic carbocycles. The highest BCUT2D eigenvalue weighted by atomic mass is 16.4. The van der Waals surface area contributed by atoms with Crippen molar-refractivity contribution in [3.63, 3.8) is 0 Å². The average Bonchev–Trinajstić information content (AvgIpc) is 2.92. The van der Waals surface area contributed by atoms with E-state index >= 15 is 0 Å². The molecule has 0 amide bonds. The largest absolute Gasteiger partial charge is 0.478 e. The highest BCUT2D eigenvalue weighted by Crippen LogP contribution is 2.10. The van der Waals surface area contributed by atoms with Gasteiger partial charge in [0.05, 0.1) is 23.1 Å². The lowest BCUT2D eigenvalue weighted by Crippen LogP contribution is -1.98. The molecule has 0 spiro atoms. The van der Waals surface area contributed by atoms with Crippen molar-refractivity contribution in [2.45, 2.75) is 25.7 Å². The summed E-state index contributed by atoms with van der Waals surface area (Å²) in [4.78, 5) is 10.8. The van der Waals surface area contributed by atoms with Crippen LogP contribution in [0, 0.1) is 0 Å². The Labute approximate surface area is 116 Å². The fourth-order valence-electron chi connectivity index (χ4n) is 1.89. The summed E-state index contributed by atoms with van der Waals surface area (Å²) in [6.45, 7) is 0.225. The zero-order chi connectivity index (χ0) is 14.4. The highest BCUT2D eigenvalue weighted by Gasteiger charge is 2.05. The molecule has 6 nitrogen and oxygen atoms in total. The normalized spacial score (nSPS) is 10.7. The van der Waals surface area contributed by atoms with E-state index in [9.17, 15) is 4.79 Å². The standard InChI is InChI=1S/C14H17N3O3/c18-9-3-1-2-4-12-10-17(16-15-12)13-7-5-11(6-8-13)14(19)20/h5-8,10,18H,1-4,9H2,(H,19,20). The van der Waals surface area contributed by atoms with Gasteiger partial charge in [-0.25, -0.2) is 9.48 Å². The van der Waals surface area contributed by atoms with Gasteiger partial charge in [-0.1, -0.05) is 11.6 Å². The molecule has 2 N–H and O–H groups in total. The van der Waals surface area contributed by atoms with E-state index in [2.05, 4.69) is 10.3 Å². The molecule has 106 valence electrons. The topological polar surface area (TPSA) is 88.2 Å². The van der Waals surface area contributed by atoms with Crippen LogP contribution >= 0.6 is 0 Å². The monoisotopic (exact) mass is 275 g/mol. The Morgan fingerprint density at radius 1 is 1.15 bits per heavy atom. The number of nitrogens with zero attached hydrogens (tertiary/aromatic N) is 3. The van der Waals surface area contributed by atoms with E-state index in [0.29, 0.717) is 0 Å². The molecule has 0 radical (unpaired) electrons. The van der Waals surface area contributed by atoms with Gasteiger partial charge in [0.15, 0.2) is 0 Å². The van der Waals surface area contributed by atoms with Crippen LogP contribution in [0.4, 0.5) is 0 Å². The number of hydrogen-bond donors (Lipinski definition) is 2. The summed E-state index contributed by atoms with van der Waals surface area (Å²) in [5.41, 5.74) is 1.92. The van der Waals surface area contributed by atoms with Gasteiger partial charge in [-0.3, -0.25) is 0 Å². The number of hydrogen-bond acceptors (Lipinski definition) is 4. The summed E-state index contributed by atoms with van der Waals surface area (Å²) in [5.74, 6) is -0.945. The molecule has 20 heavy (non-hydrogen) atoms. The molecule has 0 saturated carbocycles. The fraction of sp³-hybridized carbons (Fsp3) is 0.357. The molecule has 1 heterocycles. The number of aliphatic hydroxyl groups is 1. The number of benzene rings is 1. The Balaban J connectivity index is 1.99. The summed E-state index contributed by atoms with van der Waals surface area (Å²) >= 11 is 0. The molecule has 1 aromatic heterocycles. The molecule has 2 aromatic rings. The molecule has 0 aliphatic heterocycles. The first-order chi connectivity index (χ1) is 9.70. The van der Waals surface area contributed by atoms with Crippen molar-refractivity contribution in [3.8, 4) is 5.69 Å². The minimum Gasteiger partial charge on any atom is -0.478 e. The number of aromatic carboxylic acids is 1. The lowest BCUT2D eigenvalue weighted by molar-refractivity contribution is 0.0697. The van der Waals surface area contributed by atoms with Crippen LogP contribution in [-0.2, 0) is 6.42 Å². The third-order valence-electron chi connectivity index (χ3n) is 3.01. The van der Waals surface area contributed by atoms with Crippen LogP contribution < -0.4 is 0 Å². The second-order valence-corrected chi connectivity index (χ2v) is 4.54. The zero-order valence-electron chi connectivity index (χ0n) is 11.1. The number of rotatable bonds is 7. The van der Waals surface area contributed by atoms with Crippen molar-refractivity contribution < 1.29 is 15.0 Å². The number of aromatic nitrogens is 3. The molecule has 0 aliphatic rings. The third-order valence-corrected chi connectivity index (χ3v) is 3.01. The van der Waals surface area contributed by atoms with Gasteiger partial charge < -0.3 is 10.2 Å². The molecule has 2 rings (SSSR count). The Hall–Kier alpha value is -2.21. The molecule has 6 heteroatoms. The predicted octanol–water partition coefficient (Wildman–Crippen LogP) is 1.67. The maximum absolute atomic E-state index is 10.8. The van der Waals surface area contributed by atoms with Crippen LogP contribution in [0.2, 0.25) is 0 Å². The van der Waals surface area contributed by atoms with E-state index in [0.717, 1.165) is 37.1 Å². The van der Waals surface area contributed by atoms with Crippen molar-refractivity contribution in [2.75, 3.05) is 6.61 Å². The number of carbonyl (C=O) groups is 1. The molecule has 0 atom stereocenters. The van der Waals surface area contributed by atoms with Crippen molar-refractivity contribution in [2.24, 2.45) is 0 Å². The predicted molar refractivity (Wildman–Crippen MR) is 73.0 cm³/mol. The molecule has 0 bridgehead atoms. The van der Waals surface area contributed by atoms with Crippen LogP contribution in [0.25, 0.3) is 5.69 Å². The van der Waals surface area contributed by atoms with E-state index in [1.54, 1.807) is 28.9 Å². The Bertz CT molecular complexity index is 563. The van der Waals surface area contributed by atoms with E-state index in [1.807, 2.05) is 6.20 Å². The number of aliphatic hydroxyl groups excluding tert-OH is 1. The number of carboxylic acid groups (broad SMARTS) is 1. The van der Waals surface area contributed by atoms with Gasteiger partial charge in [0.1, 0.15) is 0 Å². The minimum absolute atomic E-state index is 0.225. The van der Waals surface area contributed by atoms with Crippen LogP contribution in [0.5, 0.6) is 0 Å². The van der Waals surface area contributed by atoms with Crippen LogP contribution in [0.3, 0.4) is 0 Å². The molecular weight excluding hydrogens is 258 g/mol. The smallest absolute Gasteiger partial charge is 0.335 e. The summed E-state index contributed by atoms with van der Waals surface area (Å²) in [5, 5.41) is 25.7. The first-order valence-corrected chi connectivity index (χ1v) is 6.56. The Morgan fingerprint density at radius 2 is 1.90 bits per heavy atom. The Kier molecular flexibility index (Phi) is 4.84. The van der Waals surface area contributed by atoms with Crippen molar-refractivity contribution >= 4 is 5.97 Å². The van der Waals surface area contributed by atoms with Gasteiger partial charge in [-0.05, 0) is 43.5 Å². The van der Waals surface area contributed by atoms with Gasteiger partial charge in [0.25, 0.3) is 0 Å². The molecule has 0 unspecified atom stereocenters. The SMILES string of the molecule is O=C(O)c1ccc(-n2cc(CCCCCO)nn2)cc1. The lowest BCUT2D eigenvalue weighted by Gasteiger charge is -2.00. The molecular formula is C14H17N3O3. The van der Waals surface area contributed by atoms with Gasteiger partial charge in [-0.15, -0.1) is 5.10 Å². The second kappa shape index (κ2) is 6.81. The van der Waals surface area contributed by atoms with E-state index in [1.165, 1.54) is 0 Å². The van der Waals surface area contributed by atoms with E-state index in [-0.39, 0.29) is 12.2 Å². The highest BCUT2D eigenvalue weighted by molar-refractivity contribution is 5.87. The van der Waals surface area contributed by atoms with Crippen LogP contribution in [-0.4, -0.2) is 37.8 Å². The van der Waals surface area contributed by atoms with E-state index < -0.39 is 5.97 Å². The van der Waals surface area contributed by atoms with Gasteiger partial charge in [-0.2, -0.15) is 0 Å². The zero-order valence-corrected chi connectivity index (χ0v) is 11.1. The Morgan fingerprint density at radius 3 is 2.55 bits per heavy atom. The second-order valence-electron chi connectivity index (χ2n) is 4.54. The van der Waals surface area contributed by atoms with Crippen LogP contribution in [0.1, 0.15) is 35.3 Å². The maximum atomic E-state index is 10.8. The average molecular weight is 275 g/mol. The number of aryl methyl sites for hydroxylation is 1. The fourth-order valence-corrected chi connectivity index (χ4v) is 1.89. The summed E-state index contributed by atoms with van der Waals surface area (Å²) in [6.07, 6.45) is 5.42. The van der Waals surface area contributed by atoms with Crippen molar-refractivity contribution in [1.29, 1.82) is 0 Å². The number of unbranched alkanes of at least 4 members (excludes halogenated alkanes) is 2. The maximum Gasteiger partial charge on any atom is 0.335 e. The lowest BCUT2D eigenvalue weighted by atomic mass is 10.1. The minimum atomic E-state index is -0.945. The van der Waals surface area contributed by atoms with Gasteiger partial charge in [0, 0.05) is 6.61 Å². The molecule has 0 saturated heterocycles. The summed E-state index contributed by atoms with van der Waals surface area (Å²) in [7, 11) is 0. The first kappa shape index (κ1) is 14.2. The van der Waals surface area contributed by atoms with Gasteiger partial charge >= 0.3 is 5.97 Å². The van der Waals surface area contributed by atoms with Crippen LogP contribution in [0.15, 0.2) is 30.5 Å². The quantitative estimate of drug-likeness (QED) is 0.750. The first-order valence-electron chi connectivity index (χ1n) is 6.56. The van der Waals surface area contributed by atoms with Crippen molar-refractivity contribution in [3.05, 3.63) is 41.7 Å². The summed E-state index contributed by atoms with van der Waals surface area (Å²) < 4.78 is 1.63. The van der Waals surface area contributed by atoms with Gasteiger partial charge in [0.2, 0.25) is 0 Å². The molecule has 1 aromatic carbocycles.